The summed E-state index contributed by atoms with van der Waals surface area (Å²) in [6.45, 7) is 0. The van der Waals surface area contributed by atoms with Crippen molar-refractivity contribution in [1.29, 1.82) is 0 Å². The number of carbonyl (C=O) groups excluding carboxylic acids is 1. The first kappa shape index (κ1) is 6.89. The highest BCUT2D eigenvalue weighted by Gasteiger charge is 2.27. The molecule has 1 N–H and O–H groups in total. The maximum absolute atomic E-state index is 11.5. The lowest BCUT2D eigenvalue weighted by atomic mass is 9.92. The van der Waals surface area contributed by atoms with E-state index in [0.29, 0.717) is 0 Å². The Kier molecular flexibility index (Phi) is 1.18. The number of benzene rings is 1. The van der Waals surface area contributed by atoms with Gasteiger partial charge < -0.3 is 5.32 Å². The Labute approximate surface area is 76.3 Å². The lowest BCUT2D eigenvalue weighted by Crippen LogP contribution is -2.05. The van der Waals surface area contributed by atoms with Gasteiger partial charge in [-0.2, -0.15) is 0 Å². The zero-order valence-electron chi connectivity index (χ0n) is 7.13. The molecule has 0 unspecified atom stereocenters. The zero-order chi connectivity index (χ0) is 8.84. The first-order valence-corrected chi connectivity index (χ1v) is 4.50. The Bertz CT molecular complexity index is 432. The molecule has 0 bridgehead atoms. The normalized spacial score (nSPS) is 17.8. The lowest BCUT2D eigenvalue weighted by Gasteiger charge is -2.11. The first-order chi connectivity index (χ1) is 6.36. The SMILES string of the molecule is O=C1Nc2cccc3c2C1=CCC3. The molecule has 2 nitrogen and oxygen atoms in total. The average Bonchev–Trinajstić information content (AvgIpc) is 2.47. The molecule has 1 heterocycles. The van der Waals surface area contributed by atoms with Crippen LogP contribution in [0.15, 0.2) is 24.3 Å². The van der Waals surface area contributed by atoms with Crippen LogP contribution in [-0.4, -0.2) is 5.91 Å². The van der Waals surface area contributed by atoms with Crippen molar-refractivity contribution < 1.29 is 4.79 Å². The van der Waals surface area contributed by atoms with Crippen LogP contribution in [0.2, 0.25) is 0 Å². The van der Waals surface area contributed by atoms with Crippen LogP contribution in [0.1, 0.15) is 17.5 Å². The van der Waals surface area contributed by atoms with E-state index in [4.69, 9.17) is 0 Å². The van der Waals surface area contributed by atoms with Crippen molar-refractivity contribution in [2.24, 2.45) is 0 Å². The highest BCUT2D eigenvalue weighted by atomic mass is 16.2. The van der Waals surface area contributed by atoms with Gasteiger partial charge in [-0.05, 0) is 24.5 Å². The molecule has 0 spiro atoms. The van der Waals surface area contributed by atoms with Gasteiger partial charge in [0, 0.05) is 16.8 Å². The fourth-order valence-corrected chi connectivity index (χ4v) is 2.10. The Morgan fingerprint density at radius 1 is 1.31 bits per heavy atom. The van der Waals surface area contributed by atoms with Crippen molar-refractivity contribution >= 4 is 17.2 Å². The number of nitrogens with one attached hydrogen (secondary N) is 1. The van der Waals surface area contributed by atoms with E-state index in [1.54, 1.807) is 0 Å². The van der Waals surface area contributed by atoms with Gasteiger partial charge in [-0.25, -0.2) is 0 Å². The second kappa shape index (κ2) is 2.22. The van der Waals surface area contributed by atoms with Gasteiger partial charge in [0.05, 0.1) is 0 Å². The number of rotatable bonds is 0. The predicted molar refractivity (Wildman–Crippen MR) is 51.4 cm³/mol. The minimum atomic E-state index is 0.0575. The molecule has 0 fully saturated rings. The third-order valence-electron chi connectivity index (χ3n) is 2.68. The number of hydrogen-bond donors (Lipinski definition) is 1. The number of anilines is 1. The predicted octanol–water partition coefficient (Wildman–Crippen LogP) is 1.97. The molecule has 0 aromatic heterocycles. The van der Waals surface area contributed by atoms with Crippen LogP contribution in [0.25, 0.3) is 5.57 Å². The van der Waals surface area contributed by atoms with Gasteiger partial charge in [-0.3, -0.25) is 4.79 Å². The minimum absolute atomic E-state index is 0.0575. The van der Waals surface area contributed by atoms with Gasteiger partial charge in [-0.1, -0.05) is 18.2 Å². The molecule has 2 heteroatoms. The average molecular weight is 171 g/mol. The largest absolute Gasteiger partial charge is 0.321 e. The van der Waals surface area contributed by atoms with Gasteiger partial charge in [0.25, 0.3) is 5.91 Å². The maximum atomic E-state index is 11.5. The molecule has 13 heavy (non-hydrogen) atoms. The van der Waals surface area contributed by atoms with E-state index in [0.717, 1.165) is 29.7 Å². The fourth-order valence-electron chi connectivity index (χ4n) is 2.10. The summed E-state index contributed by atoms with van der Waals surface area (Å²) in [5, 5.41) is 2.87. The van der Waals surface area contributed by atoms with Crippen LogP contribution in [0, 0.1) is 0 Å². The lowest BCUT2D eigenvalue weighted by molar-refractivity contribution is -0.110. The molecular weight excluding hydrogens is 162 g/mol. The molecule has 0 radical (unpaired) electrons. The van der Waals surface area contributed by atoms with Crippen molar-refractivity contribution in [2.75, 3.05) is 5.32 Å². The summed E-state index contributed by atoms with van der Waals surface area (Å²) in [6, 6.07) is 6.07. The molecule has 1 amide bonds. The summed E-state index contributed by atoms with van der Waals surface area (Å²) >= 11 is 0. The Hall–Kier alpha value is -1.57. The molecule has 1 aliphatic heterocycles. The molecule has 1 aliphatic carbocycles. The third kappa shape index (κ3) is 0.800. The van der Waals surface area contributed by atoms with Gasteiger partial charge in [0.2, 0.25) is 0 Å². The Morgan fingerprint density at radius 3 is 3.15 bits per heavy atom. The van der Waals surface area contributed by atoms with E-state index < -0.39 is 0 Å². The van der Waals surface area contributed by atoms with E-state index in [1.807, 2.05) is 18.2 Å². The van der Waals surface area contributed by atoms with Crippen molar-refractivity contribution in [3.05, 3.63) is 35.4 Å². The molecule has 0 saturated heterocycles. The van der Waals surface area contributed by atoms with E-state index in [9.17, 15) is 4.79 Å². The molecule has 2 aliphatic rings. The minimum Gasteiger partial charge on any atom is -0.321 e. The highest BCUT2D eigenvalue weighted by molar-refractivity contribution is 6.32. The van der Waals surface area contributed by atoms with Crippen molar-refractivity contribution in [3.8, 4) is 0 Å². The standard InChI is InChI=1S/C11H9NO/c13-11-8-5-1-3-7-4-2-6-9(12-11)10(7)8/h2,4-6H,1,3H2,(H,12,13). The number of hydrogen-bond acceptors (Lipinski definition) is 1. The van der Waals surface area contributed by atoms with E-state index >= 15 is 0 Å². The van der Waals surface area contributed by atoms with Crippen molar-refractivity contribution in [3.63, 3.8) is 0 Å². The van der Waals surface area contributed by atoms with Gasteiger partial charge in [0.15, 0.2) is 0 Å². The van der Waals surface area contributed by atoms with E-state index in [-0.39, 0.29) is 5.91 Å². The number of aryl methyl sites for hydroxylation is 1. The second-order valence-corrected chi connectivity index (χ2v) is 3.45. The molecule has 3 rings (SSSR count). The Balaban J connectivity index is 2.36. The van der Waals surface area contributed by atoms with Gasteiger partial charge in [-0.15, -0.1) is 0 Å². The summed E-state index contributed by atoms with van der Waals surface area (Å²) in [5.41, 5.74) is 4.29. The molecule has 0 atom stereocenters. The van der Waals surface area contributed by atoms with Crippen LogP contribution in [0.3, 0.4) is 0 Å². The smallest absolute Gasteiger partial charge is 0.256 e. The van der Waals surface area contributed by atoms with Crippen LogP contribution in [-0.2, 0) is 11.2 Å². The van der Waals surface area contributed by atoms with Crippen molar-refractivity contribution in [1.82, 2.24) is 0 Å². The third-order valence-corrected chi connectivity index (χ3v) is 2.68. The van der Waals surface area contributed by atoms with Crippen LogP contribution in [0.5, 0.6) is 0 Å². The van der Waals surface area contributed by atoms with Crippen molar-refractivity contribution in [2.45, 2.75) is 12.8 Å². The molecule has 64 valence electrons. The van der Waals surface area contributed by atoms with Crippen LogP contribution >= 0.6 is 0 Å². The highest BCUT2D eigenvalue weighted by Crippen LogP contribution is 2.37. The monoisotopic (exact) mass is 171 g/mol. The van der Waals surface area contributed by atoms with Crippen LogP contribution < -0.4 is 5.32 Å². The zero-order valence-corrected chi connectivity index (χ0v) is 7.13. The first-order valence-electron chi connectivity index (χ1n) is 4.50. The van der Waals surface area contributed by atoms with Gasteiger partial charge in [0.1, 0.15) is 0 Å². The summed E-state index contributed by atoms with van der Waals surface area (Å²) in [7, 11) is 0. The number of carbonyl (C=O) groups is 1. The summed E-state index contributed by atoms with van der Waals surface area (Å²) in [6.07, 6.45) is 4.08. The quantitative estimate of drug-likeness (QED) is 0.635. The Morgan fingerprint density at radius 2 is 2.23 bits per heavy atom. The summed E-state index contributed by atoms with van der Waals surface area (Å²) in [5.74, 6) is 0.0575. The molecule has 1 aromatic carbocycles. The topological polar surface area (TPSA) is 29.1 Å². The van der Waals surface area contributed by atoms with E-state index in [2.05, 4.69) is 11.4 Å². The molecular formula is C11H9NO. The molecule has 0 saturated carbocycles. The van der Waals surface area contributed by atoms with E-state index in [1.165, 1.54) is 5.56 Å². The number of amides is 1. The molecule has 1 aromatic rings. The summed E-state index contributed by atoms with van der Waals surface area (Å²) < 4.78 is 0. The van der Waals surface area contributed by atoms with Gasteiger partial charge >= 0.3 is 0 Å². The second-order valence-electron chi connectivity index (χ2n) is 3.45. The fraction of sp³-hybridized carbons (Fsp3) is 0.182. The summed E-state index contributed by atoms with van der Waals surface area (Å²) in [4.78, 5) is 11.5. The maximum Gasteiger partial charge on any atom is 0.256 e. The number of allylic oxidation sites excluding steroid dienone is 1. The van der Waals surface area contributed by atoms with Crippen LogP contribution in [0.4, 0.5) is 5.69 Å².